The predicted molar refractivity (Wildman–Crippen MR) is 125 cm³/mol. The third-order valence-electron chi connectivity index (χ3n) is 5.41. The molecule has 1 N–H and O–H groups in total. The first-order chi connectivity index (χ1) is 14.9. The lowest BCUT2D eigenvalue weighted by atomic mass is 9.96. The number of carbonyl (C=O) groups is 1. The van der Waals surface area contributed by atoms with E-state index in [1.807, 2.05) is 0 Å². The highest BCUT2D eigenvalue weighted by molar-refractivity contribution is 7.98. The Labute approximate surface area is 188 Å². The molecule has 164 valence electrons. The fourth-order valence-electron chi connectivity index (χ4n) is 3.56. The first kappa shape index (κ1) is 23.0. The molecular formula is C25H29NO4S. The number of thioether (sulfide) groups is 1. The van der Waals surface area contributed by atoms with Gasteiger partial charge in [0.25, 0.3) is 0 Å². The second kappa shape index (κ2) is 10.1. The summed E-state index contributed by atoms with van der Waals surface area (Å²) in [6.07, 6.45) is 2.07. The Morgan fingerprint density at radius 3 is 2.32 bits per heavy atom. The fourth-order valence-corrected chi connectivity index (χ4v) is 3.97. The van der Waals surface area contributed by atoms with Gasteiger partial charge in [-0.25, -0.2) is 4.79 Å². The molecule has 1 aromatic heterocycles. The first-order valence-electron chi connectivity index (χ1n) is 10.3. The molecule has 5 nitrogen and oxygen atoms in total. The summed E-state index contributed by atoms with van der Waals surface area (Å²) in [5.74, 6) is -0.312. The van der Waals surface area contributed by atoms with Gasteiger partial charge in [0.1, 0.15) is 12.4 Å². The van der Waals surface area contributed by atoms with E-state index in [1.165, 1.54) is 16.2 Å². The number of nitrogens with zero attached hydrogens (tertiary/aromatic N) is 1. The van der Waals surface area contributed by atoms with Crippen molar-refractivity contribution in [1.82, 2.24) is 4.57 Å². The van der Waals surface area contributed by atoms with Crippen LogP contribution in [0, 0.1) is 6.92 Å². The van der Waals surface area contributed by atoms with E-state index in [0.29, 0.717) is 31.1 Å². The number of hydrogen-bond acceptors (Lipinski definition) is 4. The topological polar surface area (TPSA) is 60.7 Å². The van der Waals surface area contributed by atoms with Crippen LogP contribution in [-0.4, -0.2) is 35.1 Å². The van der Waals surface area contributed by atoms with Crippen LogP contribution >= 0.6 is 11.8 Å². The number of ether oxygens (including phenoxy) is 2. The van der Waals surface area contributed by atoms with Crippen LogP contribution in [0.25, 0.3) is 11.3 Å². The van der Waals surface area contributed by atoms with E-state index in [2.05, 4.69) is 54.1 Å². The second-order valence-corrected chi connectivity index (χ2v) is 8.26. The highest BCUT2D eigenvalue weighted by Crippen LogP contribution is 2.28. The van der Waals surface area contributed by atoms with E-state index < -0.39 is 11.6 Å². The van der Waals surface area contributed by atoms with Crippen LogP contribution in [0.3, 0.4) is 0 Å². The summed E-state index contributed by atoms with van der Waals surface area (Å²) in [7, 11) is 0. The number of rotatable bonds is 10. The van der Waals surface area contributed by atoms with Crippen LogP contribution in [0.15, 0.2) is 65.6 Å². The molecule has 0 aliphatic carbocycles. The summed E-state index contributed by atoms with van der Waals surface area (Å²) in [5, 5.41) is 9.55. The molecule has 1 atom stereocenters. The van der Waals surface area contributed by atoms with Crippen LogP contribution < -0.4 is 4.74 Å². The molecule has 0 aliphatic heterocycles. The summed E-state index contributed by atoms with van der Waals surface area (Å²) >= 11 is 1.73. The number of aryl methyl sites for hydroxylation is 1. The standard InChI is InChI=1S/C25H29NO4S/c1-5-30-25(3,24(27)28)20-9-11-21(12-10-20)29-17-16-26-18(2)6-15-23(26)19-7-13-22(31-4)14-8-19/h6-15H,5,16-17H2,1-4H3,(H,27,28)/t25-/m0/s1. The molecule has 0 aliphatic rings. The number of aliphatic carboxylic acids is 1. The zero-order chi connectivity index (χ0) is 22.4. The summed E-state index contributed by atoms with van der Waals surface area (Å²) in [5.41, 5.74) is 2.75. The van der Waals surface area contributed by atoms with Gasteiger partial charge in [-0.3, -0.25) is 0 Å². The van der Waals surface area contributed by atoms with Gasteiger partial charge in [0.15, 0.2) is 5.60 Å². The molecule has 0 amide bonds. The molecule has 3 aromatic rings. The average molecular weight is 440 g/mol. The van der Waals surface area contributed by atoms with E-state index in [1.54, 1.807) is 49.9 Å². The third-order valence-corrected chi connectivity index (χ3v) is 6.16. The highest BCUT2D eigenvalue weighted by Gasteiger charge is 2.35. The highest BCUT2D eigenvalue weighted by atomic mass is 32.2. The molecule has 0 saturated carbocycles. The molecule has 0 bridgehead atoms. The number of carboxylic acid groups (broad SMARTS) is 1. The van der Waals surface area contributed by atoms with Crippen LogP contribution in [0.5, 0.6) is 5.75 Å². The summed E-state index contributed by atoms with van der Waals surface area (Å²) in [6, 6.07) is 19.9. The van der Waals surface area contributed by atoms with Gasteiger partial charge in [-0.1, -0.05) is 24.3 Å². The normalized spacial score (nSPS) is 13.0. The number of aromatic nitrogens is 1. The lowest BCUT2D eigenvalue weighted by molar-refractivity contribution is -0.164. The first-order valence-corrected chi connectivity index (χ1v) is 11.5. The summed E-state index contributed by atoms with van der Waals surface area (Å²) in [4.78, 5) is 12.9. The third kappa shape index (κ3) is 5.14. The summed E-state index contributed by atoms with van der Waals surface area (Å²) in [6.45, 7) is 6.98. The number of benzene rings is 2. The molecule has 1 heterocycles. The van der Waals surface area contributed by atoms with Crippen molar-refractivity contribution in [3.05, 3.63) is 71.9 Å². The maximum atomic E-state index is 11.7. The maximum absolute atomic E-state index is 11.7. The molecule has 0 spiro atoms. The van der Waals surface area contributed by atoms with Crippen molar-refractivity contribution < 1.29 is 19.4 Å². The quantitative estimate of drug-likeness (QED) is 0.417. The molecule has 0 radical (unpaired) electrons. The van der Waals surface area contributed by atoms with Gasteiger partial charge in [-0.05, 0) is 74.6 Å². The van der Waals surface area contributed by atoms with Gasteiger partial charge < -0.3 is 19.1 Å². The Kier molecular flexibility index (Phi) is 7.46. The smallest absolute Gasteiger partial charge is 0.340 e. The largest absolute Gasteiger partial charge is 0.492 e. The molecule has 6 heteroatoms. The Bertz CT molecular complexity index is 1010. The molecule has 3 rings (SSSR count). The van der Waals surface area contributed by atoms with Gasteiger partial charge in [-0.2, -0.15) is 0 Å². The van der Waals surface area contributed by atoms with Gasteiger partial charge in [0.2, 0.25) is 0 Å². The fraction of sp³-hybridized carbons (Fsp3) is 0.320. The predicted octanol–water partition coefficient (Wildman–Crippen LogP) is 5.60. The van der Waals surface area contributed by atoms with Gasteiger partial charge in [-0.15, -0.1) is 11.8 Å². The van der Waals surface area contributed by atoms with E-state index in [0.717, 1.165) is 5.69 Å². The number of hydrogen-bond donors (Lipinski definition) is 1. The van der Waals surface area contributed by atoms with Gasteiger partial charge >= 0.3 is 5.97 Å². The van der Waals surface area contributed by atoms with Crippen molar-refractivity contribution in [2.45, 2.75) is 37.8 Å². The van der Waals surface area contributed by atoms with Gasteiger partial charge in [0.05, 0.1) is 6.54 Å². The Balaban J connectivity index is 1.67. The zero-order valence-corrected chi connectivity index (χ0v) is 19.2. The average Bonchev–Trinajstić information content (AvgIpc) is 3.14. The van der Waals surface area contributed by atoms with E-state index >= 15 is 0 Å². The monoisotopic (exact) mass is 439 g/mol. The van der Waals surface area contributed by atoms with Gasteiger partial charge in [0, 0.05) is 22.9 Å². The zero-order valence-electron chi connectivity index (χ0n) is 18.4. The van der Waals surface area contributed by atoms with Crippen molar-refractivity contribution in [3.63, 3.8) is 0 Å². The minimum absolute atomic E-state index is 0.319. The van der Waals surface area contributed by atoms with Crippen molar-refractivity contribution in [2.75, 3.05) is 19.5 Å². The molecule has 0 unspecified atom stereocenters. The van der Waals surface area contributed by atoms with Crippen molar-refractivity contribution in [3.8, 4) is 17.0 Å². The maximum Gasteiger partial charge on any atom is 0.340 e. The minimum atomic E-state index is -1.36. The van der Waals surface area contributed by atoms with E-state index in [9.17, 15) is 9.90 Å². The molecular weight excluding hydrogens is 410 g/mol. The lowest BCUT2D eigenvalue weighted by Gasteiger charge is -2.25. The number of carboxylic acids is 1. The molecule has 0 fully saturated rings. The summed E-state index contributed by atoms with van der Waals surface area (Å²) < 4.78 is 13.7. The molecule has 31 heavy (non-hydrogen) atoms. The van der Waals surface area contributed by atoms with Crippen LogP contribution in [0.4, 0.5) is 0 Å². The Morgan fingerprint density at radius 1 is 1.06 bits per heavy atom. The SMILES string of the molecule is CCO[C@](C)(C(=O)O)c1ccc(OCCn2c(C)ccc2-c2ccc(SC)cc2)cc1. The molecule has 0 saturated heterocycles. The minimum Gasteiger partial charge on any atom is -0.492 e. The van der Waals surface area contributed by atoms with Crippen LogP contribution in [0.1, 0.15) is 25.1 Å². The lowest BCUT2D eigenvalue weighted by Crippen LogP contribution is -2.35. The van der Waals surface area contributed by atoms with Crippen molar-refractivity contribution in [2.24, 2.45) is 0 Å². The van der Waals surface area contributed by atoms with Crippen molar-refractivity contribution in [1.29, 1.82) is 0 Å². The second-order valence-electron chi connectivity index (χ2n) is 7.38. The Hall–Kier alpha value is -2.70. The molecule has 2 aromatic carbocycles. The van der Waals surface area contributed by atoms with E-state index in [4.69, 9.17) is 9.47 Å². The Morgan fingerprint density at radius 2 is 1.74 bits per heavy atom. The van der Waals surface area contributed by atoms with Crippen LogP contribution in [0.2, 0.25) is 0 Å². The van der Waals surface area contributed by atoms with Crippen molar-refractivity contribution >= 4 is 17.7 Å². The van der Waals surface area contributed by atoms with Crippen LogP contribution in [-0.2, 0) is 21.7 Å². The van der Waals surface area contributed by atoms with E-state index in [-0.39, 0.29) is 0 Å².